The van der Waals surface area contributed by atoms with Gasteiger partial charge in [0, 0.05) is 13.1 Å². The molecule has 2 aliphatic heterocycles. The Labute approximate surface area is 54.1 Å². The molecule has 1 fully saturated rings. The Kier molecular flexibility index (Phi) is 1.08. The number of fused-ring (bicyclic) bond motifs is 2. The second-order valence-electron chi connectivity index (χ2n) is 2.59. The molecule has 0 saturated carbocycles. The average Bonchev–Trinajstić information content (AvgIpc) is 2.09. The van der Waals surface area contributed by atoms with Gasteiger partial charge in [0.2, 0.25) is 0 Å². The van der Waals surface area contributed by atoms with Crippen LogP contribution in [0.4, 0.5) is 0 Å². The molecule has 3 heteroatoms. The Bertz CT molecular complexity index is 146. The van der Waals surface area contributed by atoms with Crippen molar-refractivity contribution in [3.8, 4) is 0 Å². The zero-order valence-electron chi connectivity index (χ0n) is 5.16. The highest BCUT2D eigenvalue weighted by molar-refractivity contribution is 5.03. The first-order chi connectivity index (χ1) is 4.36. The first-order valence-electron chi connectivity index (χ1n) is 3.19. The van der Waals surface area contributed by atoms with E-state index in [-0.39, 0.29) is 6.04 Å². The van der Waals surface area contributed by atoms with Gasteiger partial charge in [0.15, 0.2) is 0 Å². The minimum absolute atomic E-state index is 0.152. The maximum atomic E-state index is 10.9. The Morgan fingerprint density at radius 3 is 3.11 bits per heavy atom. The summed E-state index contributed by atoms with van der Waals surface area (Å²) in [5, 5.41) is 12.0. The van der Waals surface area contributed by atoms with Gasteiger partial charge in [-0.15, -0.1) is 10.3 Å². The first-order valence-corrected chi connectivity index (χ1v) is 3.19. The van der Waals surface area contributed by atoms with Gasteiger partial charge in [-0.1, -0.05) is 12.2 Å². The molecule has 0 aromatic rings. The lowest BCUT2D eigenvalue weighted by Crippen LogP contribution is -2.25. The number of nitrogens with zero attached hydrogens (tertiary/aromatic N) is 2. The third kappa shape index (κ3) is 0.775. The van der Waals surface area contributed by atoms with E-state index in [0.29, 0.717) is 6.67 Å². The normalized spacial score (nSPS) is 41.9. The van der Waals surface area contributed by atoms with E-state index in [1.807, 2.05) is 6.08 Å². The molecule has 2 atom stereocenters. The highest BCUT2D eigenvalue weighted by Crippen LogP contribution is 2.15. The summed E-state index contributed by atoms with van der Waals surface area (Å²) in [7, 11) is 0. The molecule has 1 saturated heterocycles. The predicted octanol–water partition coefficient (Wildman–Crippen LogP) is -0.155. The molecule has 0 N–H and O–H groups in total. The van der Waals surface area contributed by atoms with Crippen molar-refractivity contribution in [3.05, 3.63) is 12.2 Å². The molecule has 2 heterocycles. The van der Waals surface area contributed by atoms with Gasteiger partial charge in [0.05, 0.1) is 12.7 Å². The molecule has 2 rings (SSSR count). The van der Waals surface area contributed by atoms with Gasteiger partial charge in [-0.2, -0.15) is 0 Å². The average molecular weight is 125 g/mol. The molecule has 3 nitrogen and oxygen atoms in total. The standard InChI is InChI=1S/C6H9N2O/c9-8-5-7-3-1-2-6(8)4-7/h1-2,6H,3-5H2. The monoisotopic (exact) mass is 125 g/mol. The van der Waals surface area contributed by atoms with Crippen LogP contribution in [0.1, 0.15) is 0 Å². The minimum Gasteiger partial charge on any atom is -0.283 e. The van der Waals surface area contributed by atoms with Crippen molar-refractivity contribution in [1.82, 2.24) is 9.96 Å². The van der Waals surface area contributed by atoms with E-state index in [9.17, 15) is 5.21 Å². The van der Waals surface area contributed by atoms with E-state index >= 15 is 0 Å². The number of rotatable bonds is 0. The fraction of sp³-hybridized carbons (Fsp3) is 0.667. The van der Waals surface area contributed by atoms with Gasteiger partial charge >= 0.3 is 0 Å². The molecule has 0 amide bonds. The summed E-state index contributed by atoms with van der Waals surface area (Å²) in [4.78, 5) is 2.14. The molecule has 49 valence electrons. The van der Waals surface area contributed by atoms with Gasteiger partial charge in [-0.05, 0) is 0 Å². The Morgan fingerprint density at radius 2 is 2.44 bits per heavy atom. The fourth-order valence-corrected chi connectivity index (χ4v) is 1.37. The highest BCUT2D eigenvalue weighted by atomic mass is 16.5. The fourth-order valence-electron chi connectivity index (χ4n) is 1.37. The second kappa shape index (κ2) is 1.80. The summed E-state index contributed by atoms with van der Waals surface area (Å²) in [6.07, 6.45) is 4.06. The lowest BCUT2D eigenvalue weighted by Gasteiger charge is -2.13. The van der Waals surface area contributed by atoms with Crippen LogP contribution in [-0.2, 0) is 5.21 Å². The quantitative estimate of drug-likeness (QED) is 0.421. The SMILES string of the molecule is [O]N1CN2CC=CC1C2. The van der Waals surface area contributed by atoms with Gasteiger partial charge in [-0.3, -0.25) is 4.90 Å². The summed E-state index contributed by atoms with van der Waals surface area (Å²) >= 11 is 0. The zero-order valence-corrected chi connectivity index (χ0v) is 5.16. The summed E-state index contributed by atoms with van der Waals surface area (Å²) < 4.78 is 0. The van der Waals surface area contributed by atoms with Crippen LogP contribution in [0.15, 0.2) is 12.2 Å². The minimum atomic E-state index is 0.152. The summed E-state index contributed by atoms with van der Waals surface area (Å²) in [5.41, 5.74) is 0. The van der Waals surface area contributed by atoms with Crippen molar-refractivity contribution in [1.29, 1.82) is 0 Å². The molecule has 2 bridgehead atoms. The van der Waals surface area contributed by atoms with E-state index in [1.54, 1.807) is 0 Å². The topological polar surface area (TPSA) is 26.4 Å². The maximum Gasteiger partial charge on any atom is 0.0798 e. The van der Waals surface area contributed by atoms with Crippen LogP contribution in [0.25, 0.3) is 0 Å². The van der Waals surface area contributed by atoms with Crippen molar-refractivity contribution in [3.63, 3.8) is 0 Å². The highest BCUT2D eigenvalue weighted by Gasteiger charge is 2.29. The molecule has 2 aliphatic rings. The van der Waals surface area contributed by atoms with E-state index in [2.05, 4.69) is 11.0 Å². The van der Waals surface area contributed by atoms with E-state index in [1.165, 1.54) is 0 Å². The zero-order chi connectivity index (χ0) is 6.27. The second-order valence-corrected chi connectivity index (χ2v) is 2.59. The lowest BCUT2D eigenvalue weighted by atomic mass is 10.2. The third-order valence-electron chi connectivity index (χ3n) is 1.88. The van der Waals surface area contributed by atoms with Crippen LogP contribution in [0.3, 0.4) is 0 Å². The number of hydrogen-bond acceptors (Lipinski definition) is 2. The van der Waals surface area contributed by atoms with Crippen LogP contribution < -0.4 is 0 Å². The van der Waals surface area contributed by atoms with Crippen LogP contribution in [-0.4, -0.2) is 35.8 Å². The van der Waals surface area contributed by atoms with Crippen molar-refractivity contribution in [2.75, 3.05) is 19.8 Å². The van der Waals surface area contributed by atoms with Gasteiger partial charge in [-0.25, -0.2) is 0 Å². The molecule has 1 radical (unpaired) electrons. The Hall–Kier alpha value is -0.380. The molecule has 0 aliphatic carbocycles. The predicted molar refractivity (Wildman–Crippen MR) is 31.9 cm³/mol. The Balaban J connectivity index is 2.18. The van der Waals surface area contributed by atoms with Gasteiger partial charge in [0.1, 0.15) is 0 Å². The van der Waals surface area contributed by atoms with Gasteiger partial charge < -0.3 is 0 Å². The maximum absolute atomic E-state index is 10.9. The van der Waals surface area contributed by atoms with Gasteiger partial charge in [0.25, 0.3) is 0 Å². The van der Waals surface area contributed by atoms with Crippen molar-refractivity contribution >= 4 is 0 Å². The summed E-state index contributed by atoms with van der Waals surface area (Å²) in [5.74, 6) is 0. The first kappa shape index (κ1) is 5.41. The lowest BCUT2D eigenvalue weighted by molar-refractivity contribution is -0.161. The van der Waals surface area contributed by atoms with Crippen LogP contribution >= 0.6 is 0 Å². The third-order valence-corrected chi connectivity index (χ3v) is 1.88. The molecular weight excluding hydrogens is 116 g/mol. The molecule has 2 unspecified atom stereocenters. The van der Waals surface area contributed by atoms with Crippen LogP contribution in [0.2, 0.25) is 0 Å². The van der Waals surface area contributed by atoms with Crippen molar-refractivity contribution in [2.45, 2.75) is 6.04 Å². The van der Waals surface area contributed by atoms with E-state index in [4.69, 9.17) is 0 Å². The largest absolute Gasteiger partial charge is 0.283 e. The van der Waals surface area contributed by atoms with Crippen LogP contribution in [0.5, 0.6) is 0 Å². The smallest absolute Gasteiger partial charge is 0.0798 e. The summed E-state index contributed by atoms with van der Waals surface area (Å²) in [6, 6.07) is 0.152. The van der Waals surface area contributed by atoms with Crippen molar-refractivity contribution in [2.24, 2.45) is 0 Å². The molecule has 0 aromatic heterocycles. The van der Waals surface area contributed by atoms with E-state index in [0.717, 1.165) is 18.2 Å². The molecular formula is C6H9N2O. The Morgan fingerprint density at radius 1 is 1.56 bits per heavy atom. The van der Waals surface area contributed by atoms with E-state index < -0.39 is 0 Å². The van der Waals surface area contributed by atoms with Crippen LogP contribution in [0, 0.1) is 0 Å². The molecule has 0 spiro atoms. The molecule has 9 heavy (non-hydrogen) atoms. The summed E-state index contributed by atoms with van der Waals surface area (Å²) in [6.45, 7) is 2.48. The van der Waals surface area contributed by atoms with Crippen molar-refractivity contribution < 1.29 is 5.21 Å². The molecule has 0 aromatic carbocycles. The number of hydroxylamine groups is 2. The number of hydrogen-bond donors (Lipinski definition) is 0.